The molecule has 0 aromatic carbocycles. The summed E-state index contributed by atoms with van der Waals surface area (Å²) in [6.07, 6.45) is 12.3. The number of rotatable bonds is 11. The molecule has 45 heavy (non-hydrogen) atoms. The van der Waals surface area contributed by atoms with Crippen LogP contribution in [0.1, 0.15) is 120 Å². The Morgan fingerprint density at radius 2 is 1.47 bits per heavy atom. The van der Waals surface area contributed by atoms with Gasteiger partial charge in [-0.2, -0.15) is 0 Å². The Morgan fingerprint density at radius 3 is 2.07 bits per heavy atom. The molecule has 0 aromatic rings. The lowest BCUT2D eigenvalue weighted by Crippen LogP contribution is -2.60. The van der Waals surface area contributed by atoms with Gasteiger partial charge in [0.25, 0.3) is 0 Å². The van der Waals surface area contributed by atoms with Crippen LogP contribution in [0.25, 0.3) is 0 Å². The number of carbonyl (C=O) groups is 4. The van der Waals surface area contributed by atoms with Gasteiger partial charge in [0.05, 0.1) is 12.1 Å². The minimum atomic E-state index is -0.715. The molecular weight excluding hydrogens is 566 g/mol. The first-order valence-corrected chi connectivity index (χ1v) is 17.7. The van der Waals surface area contributed by atoms with Crippen molar-refractivity contribution in [1.29, 1.82) is 0 Å². The quantitative estimate of drug-likeness (QED) is 0.317. The van der Waals surface area contributed by atoms with E-state index >= 15 is 0 Å². The Hall–Kier alpha value is -2.42. The van der Waals surface area contributed by atoms with E-state index in [0.717, 1.165) is 45.1 Å². The first kappa shape index (κ1) is 37.0. The number of likely N-dealkylation sites (tertiary alicyclic amines) is 2. The Bertz CT molecular complexity index is 1060. The summed E-state index contributed by atoms with van der Waals surface area (Å²) in [5.74, 6) is 0.108. The molecule has 256 valence electrons. The molecule has 9 nitrogen and oxygen atoms in total. The van der Waals surface area contributed by atoms with Crippen molar-refractivity contribution >= 4 is 23.6 Å². The van der Waals surface area contributed by atoms with Gasteiger partial charge in [-0.25, -0.2) is 0 Å². The predicted molar refractivity (Wildman–Crippen MR) is 180 cm³/mol. The summed E-state index contributed by atoms with van der Waals surface area (Å²) >= 11 is 0. The molecule has 2 aliphatic heterocycles. The SMILES string of the molecule is CC(=C[C@H](C(C)C)N(C)C(=O)[C@@H](NC(=O)[C@H]1CCCCN1C(C)C)C(C)(C)C)C(=O)N1CCC[C@H]1C(=O)NCC1CCCCC1. The van der Waals surface area contributed by atoms with Gasteiger partial charge in [0, 0.05) is 31.8 Å². The Morgan fingerprint density at radius 1 is 0.844 bits per heavy atom. The minimum Gasteiger partial charge on any atom is -0.354 e. The second-order valence-electron chi connectivity index (χ2n) is 15.6. The van der Waals surface area contributed by atoms with Crippen LogP contribution in [0, 0.1) is 17.3 Å². The second-order valence-corrected chi connectivity index (χ2v) is 15.6. The lowest BCUT2D eigenvalue weighted by molar-refractivity contribution is -0.142. The van der Waals surface area contributed by atoms with Gasteiger partial charge in [0.15, 0.2) is 0 Å². The monoisotopic (exact) mass is 629 g/mol. The number of nitrogens with zero attached hydrogens (tertiary/aromatic N) is 3. The van der Waals surface area contributed by atoms with Crippen LogP contribution in [0.2, 0.25) is 0 Å². The van der Waals surface area contributed by atoms with E-state index in [2.05, 4.69) is 29.4 Å². The zero-order valence-electron chi connectivity index (χ0n) is 29.8. The molecule has 3 rings (SSSR count). The third-order valence-electron chi connectivity index (χ3n) is 10.3. The molecule has 1 aliphatic carbocycles. The number of amides is 4. The summed E-state index contributed by atoms with van der Waals surface area (Å²) in [5.41, 5.74) is 0.0220. The third kappa shape index (κ3) is 9.79. The molecule has 0 aromatic heterocycles. The molecule has 2 heterocycles. The van der Waals surface area contributed by atoms with E-state index in [9.17, 15) is 19.2 Å². The van der Waals surface area contributed by atoms with Gasteiger partial charge >= 0.3 is 0 Å². The normalized spacial score (nSPS) is 23.6. The van der Waals surface area contributed by atoms with Crippen molar-refractivity contribution in [2.45, 2.75) is 150 Å². The number of nitrogens with one attached hydrogen (secondary N) is 2. The molecule has 0 bridgehead atoms. The molecule has 0 unspecified atom stereocenters. The number of piperidine rings is 1. The van der Waals surface area contributed by atoms with E-state index in [1.807, 2.05) is 40.7 Å². The van der Waals surface area contributed by atoms with E-state index < -0.39 is 17.5 Å². The van der Waals surface area contributed by atoms with Crippen molar-refractivity contribution < 1.29 is 19.2 Å². The number of hydrogen-bond acceptors (Lipinski definition) is 5. The molecule has 3 aliphatic rings. The van der Waals surface area contributed by atoms with E-state index in [4.69, 9.17) is 0 Å². The summed E-state index contributed by atoms with van der Waals surface area (Å²) in [6.45, 7) is 18.2. The highest BCUT2D eigenvalue weighted by molar-refractivity contribution is 5.97. The van der Waals surface area contributed by atoms with Gasteiger partial charge in [-0.1, -0.05) is 66.4 Å². The predicted octanol–water partition coefficient (Wildman–Crippen LogP) is 4.90. The summed E-state index contributed by atoms with van der Waals surface area (Å²) in [4.78, 5) is 60.3. The van der Waals surface area contributed by atoms with Crippen molar-refractivity contribution in [2.75, 3.05) is 26.7 Å². The van der Waals surface area contributed by atoms with Gasteiger partial charge < -0.3 is 20.4 Å². The van der Waals surface area contributed by atoms with E-state index in [1.165, 1.54) is 19.3 Å². The van der Waals surface area contributed by atoms with Crippen molar-refractivity contribution in [1.82, 2.24) is 25.3 Å². The van der Waals surface area contributed by atoms with Crippen LogP contribution in [0.4, 0.5) is 0 Å². The van der Waals surface area contributed by atoms with Crippen LogP contribution in [0.5, 0.6) is 0 Å². The van der Waals surface area contributed by atoms with Gasteiger partial charge in [-0.05, 0) is 83.1 Å². The summed E-state index contributed by atoms with van der Waals surface area (Å²) < 4.78 is 0. The smallest absolute Gasteiger partial charge is 0.249 e. The molecule has 4 amide bonds. The van der Waals surface area contributed by atoms with Crippen LogP contribution in [-0.4, -0.2) is 95.2 Å². The van der Waals surface area contributed by atoms with Crippen molar-refractivity contribution in [3.05, 3.63) is 11.6 Å². The van der Waals surface area contributed by atoms with Crippen LogP contribution in [0.3, 0.4) is 0 Å². The molecule has 0 radical (unpaired) electrons. The maximum Gasteiger partial charge on any atom is 0.249 e. The number of carbonyl (C=O) groups excluding carboxylic acids is 4. The molecule has 3 fully saturated rings. The lowest BCUT2D eigenvalue weighted by atomic mass is 9.84. The molecule has 4 atom stereocenters. The Kier molecular flexibility index (Phi) is 13.5. The third-order valence-corrected chi connectivity index (χ3v) is 10.3. The first-order valence-electron chi connectivity index (χ1n) is 17.7. The average molecular weight is 630 g/mol. The fourth-order valence-electron chi connectivity index (χ4n) is 7.43. The highest BCUT2D eigenvalue weighted by Crippen LogP contribution is 2.27. The summed E-state index contributed by atoms with van der Waals surface area (Å²) in [6, 6.07) is -1.51. The minimum absolute atomic E-state index is 0.0287. The molecular formula is C36H63N5O4. The van der Waals surface area contributed by atoms with Gasteiger partial charge in [-0.3, -0.25) is 24.1 Å². The van der Waals surface area contributed by atoms with Gasteiger partial charge in [-0.15, -0.1) is 0 Å². The highest BCUT2D eigenvalue weighted by Gasteiger charge is 2.40. The zero-order chi connectivity index (χ0) is 33.5. The zero-order valence-corrected chi connectivity index (χ0v) is 29.8. The maximum absolute atomic E-state index is 14.1. The summed E-state index contributed by atoms with van der Waals surface area (Å²) in [5, 5.41) is 6.29. The maximum atomic E-state index is 14.1. The standard InChI is InChI=1S/C36H63N5O4/c1-24(2)30(22-26(5)34(44)41-21-15-19-28(41)32(42)37-23-27-16-11-10-12-17-27)39(9)35(45)31(36(6,7)8)38-33(43)29-18-13-14-20-40(29)25(3)4/h22,24-25,27-31H,10-21,23H2,1-9H3,(H,37,42)(H,38,43)/t28-,29+,30+,31+/m0/s1. The molecule has 2 saturated heterocycles. The Labute approximate surface area is 273 Å². The molecule has 9 heteroatoms. The van der Waals surface area contributed by atoms with E-state index in [-0.39, 0.29) is 47.7 Å². The van der Waals surface area contributed by atoms with Crippen molar-refractivity contribution in [3.63, 3.8) is 0 Å². The fourth-order valence-corrected chi connectivity index (χ4v) is 7.43. The number of likely N-dealkylation sites (N-methyl/N-ethyl adjacent to an activating group) is 1. The van der Waals surface area contributed by atoms with Crippen LogP contribution in [0.15, 0.2) is 11.6 Å². The first-order chi connectivity index (χ1) is 21.1. The van der Waals surface area contributed by atoms with Crippen molar-refractivity contribution in [2.24, 2.45) is 17.3 Å². The van der Waals surface area contributed by atoms with Crippen LogP contribution in [-0.2, 0) is 19.2 Å². The number of hydrogen-bond donors (Lipinski definition) is 2. The average Bonchev–Trinajstić information content (AvgIpc) is 3.50. The van der Waals surface area contributed by atoms with E-state index in [0.29, 0.717) is 31.0 Å². The fraction of sp³-hybridized carbons (Fsp3) is 0.833. The molecule has 2 N–H and O–H groups in total. The van der Waals surface area contributed by atoms with Crippen molar-refractivity contribution in [3.8, 4) is 0 Å². The highest BCUT2D eigenvalue weighted by atomic mass is 16.2. The topological polar surface area (TPSA) is 102 Å². The van der Waals surface area contributed by atoms with Gasteiger partial charge in [0.2, 0.25) is 23.6 Å². The van der Waals surface area contributed by atoms with Gasteiger partial charge in [0.1, 0.15) is 12.1 Å². The van der Waals surface area contributed by atoms with Crippen LogP contribution >= 0.6 is 0 Å². The van der Waals surface area contributed by atoms with Crippen LogP contribution < -0.4 is 10.6 Å². The summed E-state index contributed by atoms with van der Waals surface area (Å²) in [7, 11) is 1.77. The van der Waals surface area contributed by atoms with E-state index in [1.54, 1.807) is 23.8 Å². The molecule has 0 spiro atoms. The second kappa shape index (κ2) is 16.4. The lowest BCUT2D eigenvalue weighted by Gasteiger charge is -2.41. The molecule has 1 saturated carbocycles. The Balaban J connectivity index is 1.72. The largest absolute Gasteiger partial charge is 0.354 e.